The highest BCUT2D eigenvalue weighted by Crippen LogP contribution is 2.21. The van der Waals surface area contributed by atoms with Gasteiger partial charge in [0, 0.05) is 11.5 Å². The van der Waals surface area contributed by atoms with Gasteiger partial charge in [-0.1, -0.05) is 16.1 Å². The number of carboxylic acids is 1. The Balaban J connectivity index is 2.09. The van der Waals surface area contributed by atoms with Gasteiger partial charge in [0.05, 0.1) is 5.56 Å². The van der Waals surface area contributed by atoms with Crippen molar-refractivity contribution < 1.29 is 14.6 Å². The highest BCUT2D eigenvalue weighted by molar-refractivity contribution is 7.10. The number of benzene rings is 1. The van der Waals surface area contributed by atoms with Crippen LogP contribution in [0, 0.1) is 6.92 Å². The summed E-state index contributed by atoms with van der Waals surface area (Å²) in [5.74, 6) is -0.382. The molecule has 0 spiro atoms. The molecule has 1 heterocycles. The summed E-state index contributed by atoms with van der Waals surface area (Å²) < 4.78 is 9.66. The molecule has 0 unspecified atom stereocenters. The largest absolute Gasteiger partial charge is 0.487 e. The van der Waals surface area contributed by atoms with E-state index in [1.54, 1.807) is 19.1 Å². The van der Waals surface area contributed by atoms with Crippen molar-refractivity contribution in [2.45, 2.75) is 13.5 Å². The first-order valence-corrected chi connectivity index (χ1v) is 6.16. The summed E-state index contributed by atoms with van der Waals surface area (Å²) >= 11 is 6.94. The Morgan fingerprint density at radius 1 is 1.56 bits per heavy atom. The van der Waals surface area contributed by atoms with Crippen LogP contribution in [-0.4, -0.2) is 20.7 Å². The van der Waals surface area contributed by atoms with Gasteiger partial charge in [0.25, 0.3) is 0 Å². The molecule has 1 aromatic carbocycles. The van der Waals surface area contributed by atoms with E-state index in [4.69, 9.17) is 21.4 Å². The Bertz CT molecular complexity index is 585. The lowest BCUT2D eigenvalue weighted by Gasteiger charge is -2.07. The van der Waals surface area contributed by atoms with Crippen LogP contribution in [-0.2, 0) is 6.61 Å². The Hall–Kier alpha value is -1.66. The third kappa shape index (κ3) is 2.77. The lowest BCUT2D eigenvalue weighted by Crippen LogP contribution is -2.01. The van der Waals surface area contributed by atoms with Gasteiger partial charge in [-0.25, -0.2) is 4.79 Å². The minimum Gasteiger partial charge on any atom is -0.487 e. The number of carboxylic acid groups (broad SMARTS) is 1. The monoisotopic (exact) mass is 284 g/mol. The van der Waals surface area contributed by atoms with Crippen LogP contribution in [0.5, 0.6) is 5.75 Å². The molecule has 94 valence electrons. The molecule has 18 heavy (non-hydrogen) atoms. The second-order valence-electron chi connectivity index (χ2n) is 3.56. The normalized spacial score (nSPS) is 10.3. The molecule has 0 aliphatic carbocycles. The van der Waals surface area contributed by atoms with E-state index in [0.29, 0.717) is 21.3 Å². The first kappa shape index (κ1) is 12.8. The van der Waals surface area contributed by atoms with E-state index in [1.807, 2.05) is 0 Å². The number of hydrogen-bond acceptors (Lipinski definition) is 5. The number of aromatic nitrogens is 2. The summed E-state index contributed by atoms with van der Waals surface area (Å²) in [6.07, 6.45) is 0. The maximum Gasteiger partial charge on any atom is 0.335 e. The third-order valence-electron chi connectivity index (χ3n) is 2.31. The highest BCUT2D eigenvalue weighted by atomic mass is 35.5. The number of rotatable bonds is 4. The molecular formula is C11H9ClN2O3S. The summed E-state index contributed by atoms with van der Waals surface area (Å²) in [4.78, 5) is 10.8. The van der Waals surface area contributed by atoms with Crippen molar-refractivity contribution in [2.24, 2.45) is 0 Å². The maximum atomic E-state index is 10.8. The molecule has 0 fully saturated rings. The average molecular weight is 285 g/mol. The van der Waals surface area contributed by atoms with E-state index in [9.17, 15) is 4.79 Å². The van der Waals surface area contributed by atoms with Crippen molar-refractivity contribution >= 4 is 29.1 Å². The summed E-state index contributed by atoms with van der Waals surface area (Å²) in [6.45, 7) is 1.93. The standard InChI is InChI=1S/C11H9ClN2O3S/c1-6-4-7(2-3-8(6)11(15)16)17-5-9-10(12)18-14-13-9/h2-4H,5H2,1H3,(H,15,16). The molecule has 5 nitrogen and oxygen atoms in total. The maximum absolute atomic E-state index is 10.8. The van der Waals surface area contributed by atoms with E-state index < -0.39 is 5.97 Å². The molecule has 2 aromatic rings. The van der Waals surface area contributed by atoms with Crippen LogP contribution in [0.4, 0.5) is 0 Å². The van der Waals surface area contributed by atoms with Gasteiger partial charge in [0.1, 0.15) is 22.4 Å². The molecule has 0 radical (unpaired) electrons. The molecule has 1 aromatic heterocycles. The predicted molar refractivity (Wildman–Crippen MR) is 67.4 cm³/mol. The van der Waals surface area contributed by atoms with Crippen molar-refractivity contribution in [3.63, 3.8) is 0 Å². The zero-order chi connectivity index (χ0) is 13.1. The van der Waals surface area contributed by atoms with E-state index in [0.717, 1.165) is 11.5 Å². The lowest BCUT2D eigenvalue weighted by molar-refractivity contribution is 0.0696. The second-order valence-corrected chi connectivity index (χ2v) is 4.92. The molecule has 7 heteroatoms. The lowest BCUT2D eigenvalue weighted by atomic mass is 10.1. The van der Waals surface area contributed by atoms with Crippen molar-refractivity contribution in [2.75, 3.05) is 0 Å². The van der Waals surface area contributed by atoms with E-state index in [1.165, 1.54) is 6.07 Å². The number of hydrogen-bond donors (Lipinski definition) is 1. The fraction of sp³-hybridized carbons (Fsp3) is 0.182. The van der Waals surface area contributed by atoms with Crippen LogP contribution in [0.15, 0.2) is 18.2 Å². The number of nitrogens with zero attached hydrogens (tertiary/aromatic N) is 2. The molecule has 0 amide bonds. The van der Waals surface area contributed by atoms with Crippen LogP contribution >= 0.6 is 23.1 Å². The molecular weight excluding hydrogens is 276 g/mol. The number of carbonyl (C=O) groups is 1. The fourth-order valence-corrected chi connectivity index (χ4v) is 2.00. The van der Waals surface area contributed by atoms with Gasteiger partial charge in [0.2, 0.25) is 0 Å². The number of ether oxygens (including phenoxy) is 1. The fourth-order valence-electron chi connectivity index (χ4n) is 1.40. The Morgan fingerprint density at radius 2 is 2.33 bits per heavy atom. The Labute approximate surface area is 112 Å². The van der Waals surface area contributed by atoms with Gasteiger partial charge in [-0.05, 0) is 30.7 Å². The minimum absolute atomic E-state index is 0.210. The van der Waals surface area contributed by atoms with E-state index in [2.05, 4.69) is 9.59 Å². The van der Waals surface area contributed by atoms with Crippen molar-refractivity contribution in [3.05, 3.63) is 39.4 Å². The predicted octanol–water partition coefficient (Wildman–Crippen LogP) is 2.78. The van der Waals surface area contributed by atoms with Gasteiger partial charge in [-0.15, -0.1) is 5.10 Å². The van der Waals surface area contributed by atoms with Crippen LogP contribution in [0.1, 0.15) is 21.6 Å². The van der Waals surface area contributed by atoms with Gasteiger partial charge in [-0.3, -0.25) is 0 Å². The molecule has 0 aliphatic heterocycles. The molecule has 2 rings (SSSR count). The SMILES string of the molecule is Cc1cc(OCc2nnsc2Cl)ccc1C(=O)O. The first-order chi connectivity index (χ1) is 8.58. The van der Waals surface area contributed by atoms with Crippen LogP contribution < -0.4 is 4.74 Å². The molecule has 0 saturated carbocycles. The highest BCUT2D eigenvalue weighted by Gasteiger charge is 2.09. The Kier molecular flexibility index (Phi) is 3.78. The van der Waals surface area contributed by atoms with Gasteiger partial charge < -0.3 is 9.84 Å². The van der Waals surface area contributed by atoms with Gasteiger partial charge >= 0.3 is 5.97 Å². The quantitative estimate of drug-likeness (QED) is 0.934. The number of aryl methyl sites for hydroxylation is 1. The summed E-state index contributed by atoms with van der Waals surface area (Å²) in [6, 6.07) is 4.77. The third-order valence-corrected chi connectivity index (χ3v) is 3.30. The van der Waals surface area contributed by atoms with Crippen molar-refractivity contribution in [1.29, 1.82) is 0 Å². The van der Waals surface area contributed by atoms with E-state index in [-0.39, 0.29) is 12.2 Å². The Morgan fingerprint density at radius 3 is 2.89 bits per heavy atom. The summed E-state index contributed by atoms with van der Waals surface area (Å²) in [5.41, 5.74) is 1.47. The van der Waals surface area contributed by atoms with Gasteiger partial charge in [0.15, 0.2) is 0 Å². The van der Waals surface area contributed by atoms with Gasteiger partial charge in [-0.2, -0.15) is 0 Å². The zero-order valence-corrected chi connectivity index (χ0v) is 11.0. The van der Waals surface area contributed by atoms with Crippen LogP contribution in [0.2, 0.25) is 4.34 Å². The summed E-state index contributed by atoms with van der Waals surface area (Å²) in [5, 5.41) is 12.7. The smallest absolute Gasteiger partial charge is 0.335 e. The number of aromatic carboxylic acids is 1. The second kappa shape index (κ2) is 5.32. The van der Waals surface area contributed by atoms with Crippen LogP contribution in [0.3, 0.4) is 0 Å². The topological polar surface area (TPSA) is 72.3 Å². The minimum atomic E-state index is -0.953. The first-order valence-electron chi connectivity index (χ1n) is 5.01. The molecule has 0 bridgehead atoms. The summed E-state index contributed by atoms with van der Waals surface area (Å²) in [7, 11) is 0. The zero-order valence-electron chi connectivity index (χ0n) is 9.38. The van der Waals surface area contributed by atoms with Crippen molar-refractivity contribution in [1.82, 2.24) is 9.59 Å². The molecule has 1 N–H and O–H groups in total. The molecule has 0 atom stereocenters. The molecule has 0 saturated heterocycles. The van der Waals surface area contributed by atoms with E-state index >= 15 is 0 Å². The molecule has 0 aliphatic rings. The van der Waals surface area contributed by atoms with Crippen LogP contribution in [0.25, 0.3) is 0 Å². The van der Waals surface area contributed by atoms with Crippen molar-refractivity contribution in [3.8, 4) is 5.75 Å². The average Bonchev–Trinajstić information content (AvgIpc) is 2.72. The number of halogens is 1.